The van der Waals surface area contributed by atoms with Crippen LogP contribution >= 0.6 is 27.5 Å². The Balaban J connectivity index is 1.33. The van der Waals surface area contributed by atoms with Crippen molar-refractivity contribution < 1.29 is 14.4 Å². The average molecular weight is 450 g/mol. The lowest BCUT2D eigenvalue weighted by Crippen LogP contribution is -2.40. The van der Waals surface area contributed by atoms with Crippen LogP contribution in [0, 0.1) is 42.4 Å². The van der Waals surface area contributed by atoms with Gasteiger partial charge in [0.15, 0.2) is 0 Å². The number of allylic oxidation sites excluding steroid dienone is 2. The third kappa shape index (κ3) is 2.46. The van der Waals surface area contributed by atoms with Crippen molar-refractivity contribution in [1.82, 2.24) is 4.90 Å². The number of carbonyl (C=O) groups excluding carboxylic acids is 3. The molecule has 1 aliphatic heterocycles. The summed E-state index contributed by atoms with van der Waals surface area (Å²) >= 11 is 9.54. The zero-order valence-corrected chi connectivity index (χ0v) is 17.0. The van der Waals surface area contributed by atoms with Gasteiger partial charge < -0.3 is 5.32 Å². The Labute approximate surface area is 170 Å². The van der Waals surface area contributed by atoms with Gasteiger partial charge >= 0.3 is 0 Å². The van der Waals surface area contributed by atoms with Crippen LogP contribution in [-0.2, 0) is 14.4 Å². The van der Waals surface area contributed by atoms with E-state index in [1.54, 1.807) is 19.1 Å². The lowest BCUT2D eigenvalue weighted by molar-refractivity contribution is -0.142. The van der Waals surface area contributed by atoms with Gasteiger partial charge in [-0.2, -0.15) is 0 Å². The van der Waals surface area contributed by atoms with Crippen molar-refractivity contribution in [3.8, 4) is 0 Å². The molecule has 1 aromatic rings. The molecule has 1 aromatic carbocycles. The Hall–Kier alpha value is -1.66. The van der Waals surface area contributed by atoms with E-state index in [4.69, 9.17) is 11.6 Å². The first-order chi connectivity index (χ1) is 12.9. The molecular weight excluding hydrogens is 432 g/mol. The van der Waals surface area contributed by atoms with Gasteiger partial charge in [0, 0.05) is 10.2 Å². The first-order valence-electron chi connectivity index (χ1n) is 9.16. The van der Waals surface area contributed by atoms with E-state index in [2.05, 4.69) is 33.4 Å². The van der Waals surface area contributed by atoms with Gasteiger partial charge in [0.05, 0.1) is 16.9 Å². The summed E-state index contributed by atoms with van der Waals surface area (Å²) in [4.78, 5) is 39.5. The van der Waals surface area contributed by atoms with Crippen LogP contribution < -0.4 is 5.32 Å². The lowest BCUT2D eigenvalue weighted by Gasteiger charge is -2.37. The number of hydrogen-bond acceptors (Lipinski definition) is 3. The Morgan fingerprint density at radius 1 is 1.19 bits per heavy atom. The topological polar surface area (TPSA) is 66.5 Å². The number of carbonyl (C=O) groups is 3. The molecule has 5 aliphatic rings. The van der Waals surface area contributed by atoms with Gasteiger partial charge in [-0.1, -0.05) is 23.8 Å². The minimum atomic E-state index is -0.387. The molecule has 3 amide bonds. The standard InChI is InChI=1S/C20H18BrClN2O3/c1-8-14(5-4-13(21)18(8)22)23-15(25)7-24-19(26)16-9-2-3-10(12-6-11(9)12)17(16)20(24)27/h2-5,9-12,16-17H,6-7H2,1H3,(H,23,25)/t9-,10-,11-,12-,16-,17+/m0/s1. The van der Waals surface area contributed by atoms with Crippen LogP contribution in [0.15, 0.2) is 28.8 Å². The summed E-state index contributed by atoms with van der Waals surface area (Å²) in [5, 5.41) is 3.30. The predicted octanol–water partition coefficient (Wildman–Crippen LogP) is 3.40. The number of halogens is 2. The van der Waals surface area contributed by atoms with E-state index < -0.39 is 0 Å². The summed E-state index contributed by atoms with van der Waals surface area (Å²) < 4.78 is 0.746. The van der Waals surface area contributed by atoms with Crippen molar-refractivity contribution in [1.29, 1.82) is 0 Å². The number of hydrogen-bond donors (Lipinski definition) is 1. The zero-order valence-electron chi connectivity index (χ0n) is 14.6. The first-order valence-corrected chi connectivity index (χ1v) is 10.3. The Bertz CT molecular complexity index is 894. The van der Waals surface area contributed by atoms with Crippen LogP contribution in [0.5, 0.6) is 0 Å². The van der Waals surface area contributed by atoms with Gasteiger partial charge in [-0.15, -0.1) is 0 Å². The molecule has 2 saturated carbocycles. The van der Waals surface area contributed by atoms with Gasteiger partial charge in [-0.25, -0.2) is 0 Å². The number of benzene rings is 1. The largest absolute Gasteiger partial charge is 0.324 e. The fraction of sp³-hybridized carbons (Fsp3) is 0.450. The van der Waals surface area contributed by atoms with Crippen molar-refractivity contribution in [2.24, 2.45) is 35.5 Å². The zero-order chi connectivity index (χ0) is 19.0. The number of imide groups is 1. The van der Waals surface area contributed by atoms with Crippen LogP contribution in [0.4, 0.5) is 5.69 Å². The van der Waals surface area contributed by atoms with Crippen LogP contribution in [-0.4, -0.2) is 29.2 Å². The molecule has 5 nitrogen and oxygen atoms in total. The van der Waals surface area contributed by atoms with E-state index in [1.807, 2.05) is 0 Å². The van der Waals surface area contributed by atoms with Crippen LogP contribution in [0.3, 0.4) is 0 Å². The SMILES string of the molecule is Cc1c(NC(=O)CN2C(=O)[C@@H]3[C@H]4C=C[C@@H]([C@@H]5C[C@@H]45)[C@@H]3C2=O)ccc(Br)c1Cl. The van der Waals surface area contributed by atoms with Gasteiger partial charge in [-0.05, 0) is 70.6 Å². The molecule has 0 aromatic heterocycles. The minimum absolute atomic E-state index is 0.169. The number of anilines is 1. The minimum Gasteiger partial charge on any atom is -0.324 e. The number of nitrogens with one attached hydrogen (secondary N) is 1. The highest BCUT2D eigenvalue weighted by molar-refractivity contribution is 9.10. The summed E-state index contributed by atoms with van der Waals surface area (Å²) in [6.45, 7) is 1.56. The maximum atomic E-state index is 12.9. The fourth-order valence-corrected chi connectivity index (χ4v) is 5.89. The molecule has 3 fully saturated rings. The van der Waals surface area contributed by atoms with Gasteiger partial charge in [0.2, 0.25) is 17.7 Å². The molecule has 1 heterocycles. The maximum absolute atomic E-state index is 12.9. The quantitative estimate of drug-likeness (QED) is 0.568. The molecule has 6 atom stereocenters. The van der Waals surface area contributed by atoms with E-state index >= 15 is 0 Å². The second kappa shape index (κ2) is 5.92. The highest BCUT2D eigenvalue weighted by Crippen LogP contribution is 2.65. The van der Waals surface area contributed by atoms with Crippen molar-refractivity contribution in [3.05, 3.63) is 39.3 Å². The first kappa shape index (κ1) is 17.4. The number of rotatable bonds is 3. The van der Waals surface area contributed by atoms with Crippen molar-refractivity contribution in [3.63, 3.8) is 0 Å². The number of nitrogens with zero attached hydrogens (tertiary/aromatic N) is 1. The Kier molecular flexibility index (Phi) is 3.82. The van der Waals surface area contributed by atoms with Crippen molar-refractivity contribution >= 4 is 50.9 Å². The third-order valence-corrected chi connectivity index (χ3v) is 8.05. The van der Waals surface area contributed by atoms with E-state index in [0.717, 1.165) is 21.4 Å². The smallest absolute Gasteiger partial charge is 0.244 e. The molecule has 6 rings (SSSR count). The van der Waals surface area contributed by atoms with E-state index in [-0.39, 0.29) is 47.9 Å². The van der Waals surface area contributed by atoms with Crippen molar-refractivity contribution in [2.75, 3.05) is 11.9 Å². The van der Waals surface area contributed by atoms with Crippen LogP contribution in [0.1, 0.15) is 12.0 Å². The summed E-state index contributed by atoms with van der Waals surface area (Å²) in [7, 11) is 0. The molecule has 0 unspecified atom stereocenters. The van der Waals surface area contributed by atoms with E-state index in [9.17, 15) is 14.4 Å². The van der Waals surface area contributed by atoms with Gasteiger partial charge in [0.1, 0.15) is 6.54 Å². The van der Waals surface area contributed by atoms with E-state index in [1.165, 1.54) is 0 Å². The Morgan fingerprint density at radius 2 is 1.78 bits per heavy atom. The molecular formula is C20H18BrClN2O3. The number of likely N-dealkylation sites (tertiary alicyclic amines) is 1. The van der Waals surface area contributed by atoms with Gasteiger partial charge in [-0.3, -0.25) is 19.3 Å². The molecule has 0 spiro atoms. The average Bonchev–Trinajstić information content (AvgIpc) is 3.43. The van der Waals surface area contributed by atoms with Gasteiger partial charge in [0.25, 0.3) is 0 Å². The fourth-order valence-electron chi connectivity index (χ4n) is 5.30. The highest BCUT2D eigenvalue weighted by Gasteiger charge is 2.67. The summed E-state index contributed by atoms with van der Waals surface area (Å²) in [5.74, 6) is 0.150. The molecule has 1 N–H and O–H groups in total. The summed E-state index contributed by atoms with van der Waals surface area (Å²) in [5.41, 5.74) is 1.31. The monoisotopic (exact) mass is 448 g/mol. The summed E-state index contributed by atoms with van der Waals surface area (Å²) in [6, 6.07) is 3.50. The second-order valence-electron chi connectivity index (χ2n) is 8.00. The molecule has 7 heteroatoms. The van der Waals surface area contributed by atoms with Crippen LogP contribution in [0.2, 0.25) is 5.02 Å². The second-order valence-corrected chi connectivity index (χ2v) is 9.23. The Morgan fingerprint density at radius 3 is 2.37 bits per heavy atom. The molecule has 4 aliphatic carbocycles. The number of amides is 3. The maximum Gasteiger partial charge on any atom is 0.244 e. The van der Waals surface area contributed by atoms with E-state index in [0.29, 0.717) is 22.5 Å². The lowest BCUT2D eigenvalue weighted by atomic mass is 9.63. The molecule has 0 radical (unpaired) electrons. The third-order valence-electron chi connectivity index (χ3n) is 6.67. The normalized spacial score (nSPS) is 35.3. The highest BCUT2D eigenvalue weighted by atomic mass is 79.9. The summed E-state index contributed by atoms with van der Waals surface area (Å²) in [6.07, 6.45) is 5.38. The molecule has 27 heavy (non-hydrogen) atoms. The molecule has 1 saturated heterocycles. The predicted molar refractivity (Wildman–Crippen MR) is 104 cm³/mol. The van der Waals surface area contributed by atoms with Crippen molar-refractivity contribution in [2.45, 2.75) is 13.3 Å². The molecule has 140 valence electrons. The molecule has 2 bridgehead atoms. The van der Waals surface area contributed by atoms with Crippen LogP contribution in [0.25, 0.3) is 0 Å².